The monoisotopic (exact) mass is 247 g/mol. The zero-order valence-corrected chi connectivity index (χ0v) is 11.7. The maximum atomic E-state index is 6.24. The topological polar surface area (TPSA) is 21.3 Å². The normalized spacial score (nSPS) is 17.2. The molecule has 1 aromatic rings. The van der Waals surface area contributed by atoms with Crippen LogP contribution in [0.5, 0.6) is 5.75 Å². The average molecular weight is 247 g/mol. The summed E-state index contributed by atoms with van der Waals surface area (Å²) in [6.45, 7) is 6.43. The Labute approximate surface area is 111 Å². The van der Waals surface area contributed by atoms with Crippen LogP contribution in [0.3, 0.4) is 0 Å². The zero-order valence-electron chi connectivity index (χ0n) is 11.7. The Morgan fingerprint density at radius 3 is 2.39 bits per heavy atom. The van der Waals surface area contributed by atoms with Crippen LogP contribution in [0.15, 0.2) is 24.3 Å². The summed E-state index contributed by atoms with van der Waals surface area (Å²) >= 11 is 0. The highest BCUT2D eigenvalue weighted by Crippen LogP contribution is 2.39. The van der Waals surface area contributed by atoms with E-state index in [-0.39, 0.29) is 5.60 Å². The van der Waals surface area contributed by atoms with E-state index >= 15 is 0 Å². The molecule has 1 aliphatic rings. The van der Waals surface area contributed by atoms with E-state index in [0.717, 1.165) is 31.7 Å². The second kappa shape index (κ2) is 6.24. The van der Waals surface area contributed by atoms with Gasteiger partial charge >= 0.3 is 0 Å². The highest BCUT2D eigenvalue weighted by Gasteiger charge is 2.38. The summed E-state index contributed by atoms with van der Waals surface area (Å²) in [5, 5.41) is 3.40. The van der Waals surface area contributed by atoms with Crippen LogP contribution in [0.2, 0.25) is 0 Å². The van der Waals surface area contributed by atoms with Crippen molar-refractivity contribution >= 4 is 0 Å². The molecule has 0 bridgehead atoms. The summed E-state index contributed by atoms with van der Waals surface area (Å²) in [5.41, 5.74) is 1.48. The first kappa shape index (κ1) is 13.4. The van der Waals surface area contributed by atoms with E-state index in [0.29, 0.717) is 0 Å². The molecule has 1 aliphatic carbocycles. The minimum atomic E-state index is 0.107. The lowest BCUT2D eigenvalue weighted by Gasteiger charge is -2.42. The fourth-order valence-corrected chi connectivity index (χ4v) is 2.51. The first-order valence-electron chi connectivity index (χ1n) is 7.27. The standard InChI is InChI=1S/C16H25NO/c1-3-14-6-8-15(9-7-14)18-16(10-5-11-16)12-13-17-4-2/h6-9,17H,3-5,10-13H2,1-2H3. The first-order valence-corrected chi connectivity index (χ1v) is 7.27. The van der Waals surface area contributed by atoms with Crippen LogP contribution in [0.25, 0.3) is 0 Å². The molecule has 0 saturated heterocycles. The summed E-state index contributed by atoms with van der Waals surface area (Å²) in [5.74, 6) is 1.03. The van der Waals surface area contributed by atoms with Gasteiger partial charge in [-0.3, -0.25) is 0 Å². The Kier molecular flexibility index (Phi) is 4.65. The second-order valence-electron chi connectivity index (χ2n) is 5.24. The Morgan fingerprint density at radius 1 is 1.17 bits per heavy atom. The van der Waals surface area contributed by atoms with E-state index in [1.807, 2.05) is 0 Å². The summed E-state index contributed by atoms with van der Waals surface area (Å²) in [6, 6.07) is 8.58. The molecule has 18 heavy (non-hydrogen) atoms. The van der Waals surface area contributed by atoms with E-state index in [2.05, 4.69) is 43.4 Å². The molecular weight excluding hydrogens is 222 g/mol. The number of hydrogen-bond acceptors (Lipinski definition) is 2. The van der Waals surface area contributed by atoms with E-state index in [1.54, 1.807) is 0 Å². The van der Waals surface area contributed by atoms with E-state index < -0.39 is 0 Å². The summed E-state index contributed by atoms with van der Waals surface area (Å²) in [7, 11) is 0. The SMILES string of the molecule is CCNCCC1(Oc2ccc(CC)cc2)CCC1. The van der Waals surface area contributed by atoms with Gasteiger partial charge < -0.3 is 10.1 Å². The van der Waals surface area contributed by atoms with Crippen LogP contribution in [0.1, 0.15) is 45.1 Å². The quantitative estimate of drug-likeness (QED) is 0.744. The van der Waals surface area contributed by atoms with Crippen molar-refractivity contribution in [1.29, 1.82) is 0 Å². The third-order valence-corrected chi connectivity index (χ3v) is 3.94. The molecule has 0 radical (unpaired) electrons. The van der Waals surface area contributed by atoms with E-state index in [9.17, 15) is 0 Å². The fourth-order valence-electron chi connectivity index (χ4n) is 2.51. The lowest BCUT2D eigenvalue weighted by Crippen LogP contribution is -2.45. The highest BCUT2D eigenvalue weighted by atomic mass is 16.5. The predicted molar refractivity (Wildman–Crippen MR) is 76.2 cm³/mol. The molecule has 1 saturated carbocycles. The summed E-state index contributed by atoms with van der Waals surface area (Å²) < 4.78 is 6.24. The van der Waals surface area contributed by atoms with Gasteiger partial charge in [-0.05, 0) is 62.9 Å². The predicted octanol–water partition coefficient (Wildman–Crippen LogP) is 3.55. The molecule has 0 amide bonds. The van der Waals surface area contributed by atoms with Crippen molar-refractivity contribution in [2.75, 3.05) is 13.1 Å². The number of aryl methyl sites for hydroxylation is 1. The zero-order chi connectivity index (χ0) is 12.8. The van der Waals surface area contributed by atoms with Gasteiger partial charge in [-0.1, -0.05) is 26.0 Å². The third-order valence-electron chi connectivity index (χ3n) is 3.94. The van der Waals surface area contributed by atoms with Crippen molar-refractivity contribution in [3.63, 3.8) is 0 Å². The molecule has 1 fully saturated rings. The van der Waals surface area contributed by atoms with Gasteiger partial charge in [0.25, 0.3) is 0 Å². The van der Waals surface area contributed by atoms with Crippen molar-refractivity contribution < 1.29 is 4.74 Å². The lowest BCUT2D eigenvalue weighted by molar-refractivity contribution is -0.0141. The smallest absolute Gasteiger partial charge is 0.120 e. The van der Waals surface area contributed by atoms with Crippen LogP contribution in [0.4, 0.5) is 0 Å². The number of benzene rings is 1. The molecule has 0 aliphatic heterocycles. The number of hydrogen-bond donors (Lipinski definition) is 1. The fraction of sp³-hybridized carbons (Fsp3) is 0.625. The Bertz CT molecular complexity index is 354. The van der Waals surface area contributed by atoms with Gasteiger partial charge in [0.15, 0.2) is 0 Å². The maximum absolute atomic E-state index is 6.24. The van der Waals surface area contributed by atoms with Gasteiger partial charge in [0.05, 0.1) is 0 Å². The molecule has 0 aromatic heterocycles. The molecule has 0 unspecified atom stereocenters. The van der Waals surface area contributed by atoms with Crippen molar-refractivity contribution in [1.82, 2.24) is 5.32 Å². The van der Waals surface area contributed by atoms with Gasteiger partial charge in [-0.25, -0.2) is 0 Å². The Hall–Kier alpha value is -1.02. The summed E-state index contributed by atoms with van der Waals surface area (Å²) in [4.78, 5) is 0. The number of rotatable bonds is 7. The molecular formula is C16H25NO. The van der Waals surface area contributed by atoms with Crippen molar-refractivity contribution in [2.45, 2.75) is 51.6 Å². The van der Waals surface area contributed by atoms with Crippen LogP contribution >= 0.6 is 0 Å². The van der Waals surface area contributed by atoms with Gasteiger partial charge in [0.2, 0.25) is 0 Å². The molecule has 0 spiro atoms. The lowest BCUT2D eigenvalue weighted by atomic mass is 9.77. The van der Waals surface area contributed by atoms with Gasteiger partial charge in [0, 0.05) is 0 Å². The van der Waals surface area contributed by atoms with Gasteiger partial charge in [0.1, 0.15) is 11.4 Å². The number of ether oxygens (including phenoxy) is 1. The Balaban J connectivity index is 1.92. The number of nitrogens with one attached hydrogen (secondary N) is 1. The van der Waals surface area contributed by atoms with Crippen LogP contribution in [-0.2, 0) is 6.42 Å². The minimum absolute atomic E-state index is 0.107. The van der Waals surface area contributed by atoms with Crippen molar-refractivity contribution in [2.24, 2.45) is 0 Å². The van der Waals surface area contributed by atoms with Crippen molar-refractivity contribution in [3.05, 3.63) is 29.8 Å². The molecule has 1 N–H and O–H groups in total. The third kappa shape index (κ3) is 3.26. The molecule has 0 heterocycles. The summed E-state index contributed by atoms with van der Waals surface area (Å²) in [6.07, 6.45) is 5.92. The molecule has 100 valence electrons. The maximum Gasteiger partial charge on any atom is 0.120 e. The Morgan fingerprint density at radius 2 is 1.89 bits per heavy atom. The largest absolute Gasteiger partial charge is 0.487 e. The van der Waals surface area contributed by atoms with E-state index in [1.165, 1.54) is 24.8 Å². The van der Waals surface area contributed by atoms with E-state index in [4.69, 9.17) is 4.74 Å². The second-order valence-corrected chi connectivity index (χ2v) is 5.24. The molecule has 2 rings (SSSR count). The first-order chi connectivity index (χ1) is 8.78. The highest BCUT2D eigenvalue weighted by molar-refractivity contribution is 5.28. The van der Waals surface area contributed by atoms with Crippen LogP contribution < -0.4 is 10.1 Å². The van der Waals surface area contributed by atoms with Crippen LogP contribution in [0, 0.1) is 0 Å². The molecule has 2 heteroatoms. The molecule has 1 aromatic carbocycles. The minimum Gasteiger partial charge on any atom is -0.487 e. The molecule has 0 atom stereocenters. The van der Waals surface area contributed by atoms with Crippen LogP contribution in [-0.4, -0.2) is 18.7 Å². The van der Waals surface area contributed by atoms with Gasteiger partial charge in [-0.15, -0.1) is 0 Å². The average Bonchev–Trinajstić information content (AvgIpc) is 2.37. The molecule has 2 nitrogen and oxygen atoms in total. The van der Waals surface area contributed by atoms with Gasteiger partial charge in [-0.2, -0.15) is 0 Å². The van der Waals surface area contributed by atoms with Crippen molar-refractivity contribution in [3.8, 4) is 5.75 Å².